The third-order valence-corrected chi connectivity index (χ3v) is 5.85. The van der Waals surface area contributed by atoms with Crippen LogP contribution in [0.2, 0.25) is 0 Å². The number of aromatic hydroxyl groups is 1. The van der Waals surface area contributed by atoms with Crippen LogP contribution in [-0.2, 0) is 36.8 Å². The molecule has 0 saturated carbocycles. The number of carboxylic acids is 1. The van der Waals surface area contributed by atoms with Gasteiger partial charge >= 0.3 is 5.97 Å². The van der Waals surface area contributed by atoms with Crippen LogP contribution < -0.4 is 27.0 Å². The molecule has 0 aliphatic heterocycles. The number of amides is 4. The maximum absolute atomic E-state index is 12.9. The second-order valence-electron chi connectivity index (χ2n) is 9.81. The van der Waals surface area contributed by atoms with Crippen molar-refractivity contribution in [3.63, 3.8) is 0 Å². The first-order valence-corrected chi connectivity index (χ1v) is 12.9. The lowest BCUT2D eigenvalue weighted by atomic mass is 10.0. The van der Waals surface area contributed by atoms with Crippen LogP contribution in [0.3, 0.4) is 0 Å². The third-order valence-electron chi connectivity index (χ3n) is 5.85. The highest BCUT2D eigenvalue weighted by Gasteiger charge is 2.25. The summed E-state index contributed by atoms with van der Waals surface area (Å²) in [5, 5.41) is 28.4. The molecule has 0 saturated heterocycles. The molecule has 12 nitrogen and oxygen atoms in total. The van der Waals surface area contributed by atoms with E-state index in [1.54, 1.807) is 36.4 Å². The first kappa shape index (κ1) is 31.8. The number of benzene rings is 2. The van der Waals surface area contributed by atoms with E-state index in [4.69, 9.17) is 5.73 Å². The van der Waals surface area contributed by atoms with E-state index in [1.807, 2.05) is 19.9 Å². The fourth-order valence-electron chi connectivity index (χ4n) is 3.79. The van der Waals surface area contributed by atoms with Gasteiger partial charge in [0.15, 0.2) is 0 Å². The number of carboxylic acid groups (broad SMARTS) is 1. The summed E-state index contributed by atoms with van der Waals surface area (Å²) in [7, 11) is 0. The van der Waals surface area contributed by atoms with Gasteiger partial charge in [0.1, 0.15) is 17.8 Å². The van der Waals surface area contributed by atoms with Crippen LogP contribution in [-0.4, -0.2) is 71.0 Å². The molecule has 0 aliphatic carbocycles. The lowest BCUT2D eigenvalue weighted by molar-refractivity contribution is -0.142. The van der Waals surface area contributed by atoms with Gasteiger partial charge in [0.25, 0.3) is 0 Å². The summed E-state index contributed by atoms with van der Waals surface area (Å²) in [6, 6.07) is 12.1. The number of phenolic OH excluding ortho intramolecular Hbond substituents is 1. The van der Waals surface area contributed by atoms with Gasteiger partial charge in [0.05, 0.1) is 19.1 Å². The SMILES string of the molecule is CC(C)CC(NC(=O)CNC(=O)CNC(=O)C(Cc1ccccc1)NC(=O)C(N)Cc1ccc(O)cc1)C(=O)O. The molecule has 4 amide bonds. The zero-order valence-corrected chi connectivity index (χ0v) is 22.6. The fraction of sp³-hybridized carbons (Fsp3) is 0.393. The topological polar surface area (TPSA) is 200 Å². The lowest BCUT2D eigenvalue weighted by Crippen LogP contribution is -2.54. The Labute approximate surface area is 232 Å². The number of hydrogen-bond acceptors (Lipinski definition) is 7. The second kappa shape index (κ2) is 15.8. The fourth-order valence-corrected chi connectivity index (χ4v) is 3.79. The van der Waals surface area contributed by atoms with Crippen LogP contribution in [0.1, 0.15) is 31.4 Å². The van der Waals surface area contributed by atoms with E-state index in [9.17, 15) is 34.2 Å². The molecule has 0 radical (unpaired) electrons. The number of phenols is 1. The molecule has 0 spiro atoms. The smallest absolute Gasteiger partial charge is 0.326 e. The first-order valence-electron chi connectivity index (χ1n) is 12.9. The molecule has 216 valence electrons. The number of nitrogens with one attached hydrogen (secondary N) is 4. The van der Waals surface area contributed by atoms with Crippen molar-refractivity contribution in [2.24, 2.45) is 11.7 Å². The molecular formula is C28H37N5O7. The van der Waals surface area contributed by atoms with E-state index in [-0.39, 0.29) is 30.9 Å². The highest BCUT2D eigenvalue weighted by atomic mass is 16.4. The summed E-state index contributed by atoms with van der Waals surface area (Å²) in [5.41, 5.74) is 7.55. The molecule has 2 aromatic carbocycles. The highest BCUT2D eigenvalue weighted by Crippen LogP contribution is 2.11. The van der Waals surface area contributed by atoms with Gasteiger partial charge in [-0.25, -0.2) is 4.79 Å². The highest BCUT2D eigenvalue weighted by molar-refractivity contribution is 5.93. The van der Waals surface area contributed by atoms with E-state index in [2.05, 4.69) is 21.3 Å². The summed E-state index contributed by atoms with van der Waals surface area (Å²) in [6.45, 7) is 2.71. The van der Waals surface area contributed by atoms with Gasteiger partial charge < -0.3 is 37.2 Å². The minimum atomic E-state index is -1.17. The minimum absolute atomic E-state index is 0.0397. The summed E-state index contributed by atoms with van der Waals surface area (Å²) in [5.74, 6) is -3.59. The number of hydrogen-bond donors (Lipinski definition) is 7. The largest absolute Gasteiger partial charge is 0.508 e. The van der Waals surface area contributed by atoms with Crippen molar-refractivity contribution in [1.29, 1.82) is 0 Å². The quantitative estimate of drug-likeness (QED) is 0.157. The Hall–Kier alpha value is -4.45. The van der Waals surface area contributed by atoms with Crippen LogP contribution in [0.15, 0.2) is 54.6 Å². The maximum Gasteiger partial charge on any atom is 0.326 e. The van der Waals surface area contributed by atoms with Crippen molar-refractivity contribution in [3.05, 3.63) is 65.7 Å². The Morgan fingerprint density at radius 3 is 1.95 bits per heavy atom. The Bertz CT molecular complexity index is 1160. The van der Waals surface area contributed by atoms with Gasteiger partial charge in [0.2, 0.25) is 23.6 Å². The van der Waals surface area contributed by atoms with E-state index in [0.29, 0.717) is 0 Å². The lowest BCUT2D eigenvalue weighted by Gasteiger charge is -2.21. The Kier molecular flexibility index (Phi) is 12.6. The molecule has 0 bridgehead atoms. The molecule has 0 aromatic heterocycles. The van der Waals surface area contributed by atoms with E-state index < -0.39 is 60.8 Å². The van der Waals surface area contributed by atoms with Crippen molar-refractivity contribution in [2.45, 2.75) is 51.2 Å². The molecule has 2 rings (SSSR count). The summed E-state index contributed by atoms with van der Waals surface area (Å²) in [6.07, 6.45) is 0.551. The Balaban J connectivity index is 1.93. The average Bonchev–Trinajstić information content (AvgIpc) is 2.91. The normalized spacial score (nSPS) is 13.0. The van der Waals surface area contributed by atoms with Gasteiger partial charge in [-0.1, -0.05) is 56.3 Å². The Morgan fingerprint density at radius 1 is 0.750 bits per heavy atom. The number of nitrogens with two attached hydrogens (primary N) is 1. The number of carbonyl (C=O) groups is 5. The van der Waals surface area contributed by atoms with Crippen molar-refractivity contribution in [3.8, 4) is 5.75 Å². The molecule has 40 heavy (non-hydrogen) atoms. The first-order chi connectivity index (χ1) is 18.9. The zero-order chi connectivity index (χ0) is 29.7. The van der Waals surface area contributed by atoms with Crippen LogP contribution in [0, 0.1) is 5.92 Å². The van der Waals surface area contributed by atoms with Crippen molar-refractivity contribution >= 4 is 29.6 Å². The second-order valence-corrected chi connectivity index (χ2v) is 9.81. The zero-order valence-electron chi connectivity index (χ0n) is 22.6. The van der Waals surface area contributed by atoms with Crippen LogP contribution in [0.25, 0.3) is 0 Å². The molecule has 12 heteroatoms. The van der Waals surface area contributed by atoms with Crippen LogP contribution in [0.4, 0.5) is 0 Å². The van der Waals surface area contributed by atoms with Gasteiger partial charge in [0, 0.05) is 6.42 Å². The molecule has 2 aromatic rings. The standard InChI is InChI=1S/C28H37N5O7/c1-17(2)12-23(28(39)40)32-25(36)16-30-24(35)15-31-27(38)22(14-18-6-4-3-5-7-18)33-26(37)21(29)13-19-8-10-20(34)11-9-19/h3-11,17,21-23,34H,12-16,29H2,1-2H3,(H,30,35)(H,31,38)(H,32,36)(H,33,37)(H,39,40). The van der Waals surface area contributed by atoms with Crippen molar-refractivity contribution in [1.82, 2.24) is 21.3 Å². The van der Waals surface area contributed by atoms with Gasteiger partial charge in [-0.05, 0) is 42.0 Å². The summed E-state index contributed by atoms with van der Waals surface area (Å²) < 4.78 is 0. The molecular weight excluding hydrogens is 518 g/mol. The predicted octanol–water partition coefficient (Wildman–Crippen LogP) is -0.163. The number of aliphatic carboxylic acids is 1. The summed E-state index contributed by atoms with van der Waals surface area (Å²) >= 11 is 0. The van der Waals surface area contributed by atoms with E-state index >= 15 is 0 Å². The van der Waals surface area contributed by atoms with E-state index in [1.165, 1.54) is 12.1 Å². The molecule has 0 aliphatic rings. The molecule has 0 heterocycles. The molecule has 3 atom stereocenters. The van der Waals surface area contributed by atoms with Gasteiger partial charge in [-0.3, -0.25) is 19.2 Å². The maximum atomic E-state index is 12.9. The van der Waals surface area contributed by atoms with Crippen molar-refractivity contribution < 1.29 is 34.2 Å². The predicted molar refractivity (Wildman–Crippen MR) is 147 cm³/mol. The molecule has 3 unspecified atom stereocenters. The number of carbonyl (C=O) groups excluding carboxylic acids is 4. The average molecular weight is 556 g/mol. The van der Waals surface area contributed by atoms with Gasteiger partial charge in [-0.2, -0.15) is 0 Å². The van der Waals surface area contributed by atoms with Crippen LogP contribution in [0.5, 0.6) is 5.75 Å². The third kappa shape index (κ3) is 11.5. The molecule has 8 N–H and O–H groups in total. The van der Waals surface area contributed by atoms with Crippen LogP contribution >= 0.6 is 0 Å². The number of rotatable bonds is 15. The van der Waals surface area contributed by atoms with Gasteiger partial charge in [-0.15, -0.1) is 0 Å². The Morgan fingerprint density at radius 2 is 1.35 bits per heavy atom. The van der Waals surface area contributed by atoms with Crippen molar-refractivity contribution in [2.75, 3.05) is 13.1 Å². The van der Waals surface area contributed by atoms with E-state index in [0.717, 1.165) is 11.1 Å². The monoisotopic (exact) mass is 555 g/mol. The molecule has 0 fully saturated rings. The minimum Gasteiger partial charge on any atom is -0.508 e. The summed E-state index contributed by atoms with van der Waals surface area (Å²) in [4.78, 5) is 61.4.